The Labute approximate surface area is 88.1 Å². The van der Waals surface area contributed by atoms with E-state index in [-0.39, 0.29) is 0 Å². The number of furan rings is 1. The van der Waals surface area contributed by atoms with Crippen LogP contribution in [0.15, 0.2) is 35.3 Å². The van der Waals surface area contributed by atoms with Crippen LogP contribution in [0, 0.1) is 6.92 Å². The van der Waals surface area contributed by atoms with Crippen LogP contribution < -0.4 is 11.1 Å². The van der Waals surface area contributed by atoms with Crippen LogP contribution in [0.1, 0.15) is 11.1 Å². The minimum atomic E-state index is 0.664. The van der Waals surface area contributed by atoms with E-state index in [2.05, 4.69) is 10.3 Å². The average Bonchev–Trinajstić information content (AvgIpc) is 2.73. The number of hydrogen-bond acceptors (Lipinski definition) is 4. The normalized spacial score (nSPS) is 10.2. The molecule has 3 N–H and O–H groups in total. The lowest BCUT2D eigenvalue weighted by atomic mass is 10.2. The van der Waals surface area contributed by atoms with Gasteiger partial charge in [-0.3, -0.25) is 0 Å². The summed E-state index contributed by atoms with van der Waals surface area (Å²) in [6.07, 6.45) is 5.08. The fraction of sp³-hybridized carbons (Fsp3) is 0.182. The predicted octanol–water partition coefficient (Wildman–Crippen LogP) is 2.18. The van der Waals surface area contributed by atoms with Gasteiger partial charge in [-0.25, -0.2) is 4.98 Å². The molecule has 0 aliphatic carbocycles. The maximum Gasteiger partial charge on any atom is 0.149 e. The molecule has 2 heterocycles. The van der Waals surface area contributed by atoms with Crippen molar-refractivity contribution in [3.05, 3.63) is 42.0 Å². The molecular formula is C11H13N3O. The van der Waals surface area contributed by atoms with Gasteiger partial charge in [0.2, 0.25) is 0 Å². The Kier molecular flexibility index (Phi) is 2.58. The Bertz CT molecular complexity index is 437. The topological polar surface area (TPSA) is 64.1 Å². The van der Waals surface area contributed by atoms with E-state index in [4.69, 9.17) is 10.2 Å². The number of aryl methyl sites for hydroxylation is 1. The fourth-order valence-electron chi connectivity index (χ4n) is 1.29. The molecule has 4 heteroatoms. The summed E-state index contributed by atoms with van der Waals surface area (Å²) in [6, 6.07) is 3.79. The minimum Gasteiger partial charge on any atom is -0.472 e. The predicted molar refractivity (Wildman–Crippen MR) is 59.4 cm³/mol. The lowest BCUT2D eigenvalue weighted by Gasteiger charge is -2.08. The molecule has 0 radical (unpaired) electrons. The number of pyridine rings is 1. The third-order valence-electron chi connectivity index (χ3n) is 2.25. The minimum absolute atomic E-state index is 0.664. The van der Waals surface area contributed by atoms with Crippen molar-refractivity contribution in [1.82, 2.24) is 4.98 Å². The van der Waals surface area contributed by atoms with Gasteiger partial charge in [-0.05, 0) is 24.6 Å². The summed E-state index contributed by atoms with van der Waals surface area (Å²) in [5.74, 6) is 0.719. The van der Waals surface area contributed by atoms with Crippen LogP contribution in [0.4, 0.5) is 11.5 Å². The Morgan fingerprint density at radius 1 is 1.47 bits per heavy atom. The van der Waals surface area contributed by atoms with Crippen molar-refractivity contribution in [1.29, 1.82) is 0 Å². The quantitative estimate of drug-likeness (QED) is 0.802. The van der Waals surface area contributed by atoms with Crippen molar-refractivity contribution < 1.29 is 4.42 Å². The second-order valence-corrected chi connectivity index (χ2v) is 3.38. The van der Waals surface area contributed by atoms with Gasteiger partial charge in [0.05, 0.1) is 18.2 Å². The molecule has 2 aromatic rings. The molecule has 0 saturated carbocycles. The maximum atomic E-state index is 5.87. The SMILES string of the molecule is Cc1ccnc(NCc2ccoc2)c1N. The van der Waals surface area contributed by atoms with Crippen molar-refractivity contribution in [2.24, 2.45) is 0 Å². The molecular weight excluding hydrogens is 190 g/mol. The first kappa shape index (κ1) is 9.58. The molecule has 0 fully saturated rings. The third-order valence-corrected chi connectivity index (χ3v) is 2.25. The van der Waals surface area contributed by atoms with Crippen LogP contribution in [0.2, 0.25) is 0 Å². The zero-order chi connectivity index (χ0) is 10.7. The molecule has 0 aliphatic rings. The number of nitrogens with zero attached hydrogens (tertiary/aromatic N) is 1. The van der Waals surface area contributed by atoms with Gasteiger partial charge in [-0.1, -0.05) is 0 Å². The molecule has 2 rings (SSSR count). The molecule has 0 spiro atoms. The van der Waals surface area contributed by atoms with E-state index in [0.717, 1.165) is 16.9 Å². The van der Waals surface area contributed by atoms with Crippen LogP contribution in [0.3, 0.4) is 0 Å². The van der Waals surface area contributed by atoms with Crippen molar-refractivity contribution in [3.63, 3.8) is 0 Å². The Hall–Kier alpha value is -1.97. The van der Waals surface area contributed by atoms with E-state index in [1.807, 2.05) is 19.1 Å². The van der Waals surface area contributed by atoms with E-state index < -0.39 is 0 Å². The van der Waals surface area contributed by atoms with Crippen molar-refractivity contribution in [3.8, 4) is 0 Å². The van der Waals surface area contributed by atoms with Crippen LogP contribution in [0.5, 0.6) is 0 Å². The van der Waals surface area contributed by atoms with Crippen molar-refractivity contribution >= 4 is 11.5 Å². The first-order chi connectivity index (χ1) is 7.27. The second kappa shape index (κ2) is 4.04. The summed E-state index contributed by atoms with van der Waals surface area (Å²) in [4.78, 5) is 4.17. The Morgan fingerprint density at radius 2 is 2.33 bits per heavy atom. The molecule has 2 aromatic heterocycles. The number of aromatic nitrogens is 1. The summed E-state index contributed by atoms with van der Waals surface area (Å²) in [7, 11) is 0. The maximum absolute atomic E-state index is 5.87. The molecule has 0 atom stereocenters. The van der Waals surface area contributed by atoms with Gasteiger partial charge in [0.25, 0.3) is 0 Å². The molecule has 0 saturated heterocycles. The molecule has 15 heavy (non-hydrogen) atoms. The zero-order valence-electron chi connectivity index (χ0n) is 8.53. The number of anilines is 2. The van der Waals surface area contributed by atoms with Gasteiger partial charge in [0.15, 0.2) is 0 Å². The second-order valence-electron chi connectivity index (χ2n) is 3.38. The first-order valence-electron chi connectivity index (χ1n) is 4.73. The molecule has 0 amide bonds. The number of nitrogens with two attached hydrogens (primary N) is 1. The molecule has 0 unspecified atom stereocenters. The molecule has 0 bridgehead atoms. The van der Waals surface area contributed by atoms with Gasteiger partial charge in [-0.2, -0.15) is 0 Å². The van der Waals surface area contributed by atoms with E-state index in [1.54, 1.807) is 18.7 Å². The highest BCUT2D eigenvalue weighted by Gasteiger charge is 2.02. The molecule has 78 valence electrons. The number of hydrogen-bond donors (Lipinski definition) is 2. The smallest absolute Gasteiger partial charge is 0.149 e. The summed E-state index contributed by atoms with van der Waals surface area (Å²) in [5, 5.41) is 3.16. The number of nitrogen functional groups attached to an aromatic ring is 1. The van der Waals surface area contributed by atoms with Gasteiger partial charge < -0.3 is 15.5 Å². The Morgan fingerprint density at radius 3 is 3.07 bits per heavy atom. The summed E-state index contributed by atoms with van der Waals surface area (Å²) < 4.78 is 4.97. The van der Waals surface area contributed by atoms with Crippen LogP contribution in [-0.2, 0) is 6.54 Å². The lowest BCUT2D eigenvalue weighted by Crippen LogP contribution is -2.04. The molecule has 4 nitrogen and oxygen atoms in total. The largest absolute Gasteiger partial charge is 0.472 e. The van der Waals surface area contributed by atoms with Gasteiger partial charge in [0, 0.05) is 18.3 Å². The van der Waals surface area contributed by atoms with Gasteiger partial charge >= 0.3 is 0 Å². The lowest BCUT2D eigenvalue weighted by molar-refractivity contribution is 0.564. The summed E-state index contributed by atoms with van der Waals surface area (Å²) in [6.45, 7) is 2.62. The highest BCUT2D eigenvalue weighted by molar-refractivity contribution is 5.64. The highest BCUT2D eigenvalue weighted by atomic mass is 16.3. The third kappa shape index (κ3) is 2.10. The van der Waals surface area contributed by atoms with Crippen LogP contribution in [-0.4, -0.2) is 4.98 Å². The van der Waals surface area contributed by atoms with Crippen molar-refractivity contribution in [2.75, 3.05) is 11.1 Å². The van der Waals surface area contributed by atoms with Crippen molar-refractivity contribution in [2.45, 2.75) is 13.5 Å². The van der Waals surface area contributed by atoms with Gasteiger partial charge in [-0.15, -0.1) is 0 Å². The van der Waals surface area contributed by atoms with Crippen LogP contribution in [0.25, 0.3) is 0 Å². The standard InChI is InChI=1S/C11H13N3O/c1-8-2-4-13-11(10(8)12)14-6-9-3-5-15-7-9/h2-5,7H,6,12H2,1H3,(H,13,14). The zero-order valence-corrected chi connectivity index (χ0v) is 8.53. The Balaban J connectivity index is 2.08. The molecule has 0 aromatic carbocycles. The fourth-order valence-corrected chi connectivity index (χ4v) is 1.29. The monoisotopic (exact) mass is 203 g/mol. The van der Waals surface area contributed by atoms with Crippen LogP contribution >= 0.6 is 0 Å². The average molecular weight is 203 g/mol. The first-order valence-corrected chi connectivity index (χ1v) is 4.73. The van der Waals surface area contributed by atoms with E-state index >= 15 is 0 Å². The summed E-state index contributed by atoms with van der Waals surface area (Å²) >= 11 is 0. The van der Waals surface area contributed by atoms with E-state index in [9.17, 15) is 0 Å². The molecule has 0 aliphatic heterocycles. The van der Waals surface area contributed by atoms with E-state index in [1.165, 1.54) is 0 Å². The summed E-state index contributed by atoms with van der Waals surface area (Å²) in [5.41, 5.74) is 8.66. The van der Waals surface area contributed by atoms with E-state index in [0.29, 0.717) is 12.2 Å². The number of rotatable bonds is 3. The number of nitrogens with one attached hydrogen (secondary N) is 1. The van der Waals surface area contributed by atoms with Gasteiger partial charge in [0.1, 0.15) is 5.82 Å². The highest BCUT2D eigenvalue weighted by Crippen LogP contribution is 2.19.